The molecule has 2 heterocycles. The Kier molecular flexibility index (Phi) is 8.29. The Hall–Kier alpha value is -3.16. The predicted molar refractivity (Wildman–Crippen MR) is 158 cm³/mol. The summed E-state index contributed by atoms with van der Waals surface area (Å²) in [5.41, 5.74) is 0.444. The number of anilines is 1. The number of Topliss-reactive ketones (excluding diaryl/α,β-unsaturated/α-hetero) is 1. The summed E-state index contributed by atoms with van der Waals surface area (Å²) in [6, 6.07) is 13.1. The van der Waals surface area contributed by atoms with Gasteiger partial charge in [0.1, 0.15) is 5.78 Å². The zero-order valence-corrected chi connectivity index (χ0v) is 25.0. The lowest BCUT2D eigenvalue weighted by atomic mass is 9.70. The maximum absolute atomic E-state index is 12.9. The molecule has 0 radical (unpaired) electrons. The number of piperazine rings is 1. The van der Waals surface area contributed by atoms with E-state index in [1.807, 2.05) is 43.0 Å². The topological polar surface area (TPSA) is 116 Å². The van der Waals surface area contributed by atoms with E-state index in [1.54, 1.807) is 10.6 Å². The lowest BCUT2D eigenvalue weighted by molar-refractivity contribution is -0.137. The molecule has 3 aliphatic rings. The van der Waals surface area contributed by atoms with Gasteiger partial charge in [0.05, 0.1) is 27.8 Å². The number of carbonyl (C=O) groups is 1. The molecular formula is C30H37F3N4O5S. The summed E-state index contributed by atoms with van der Waals surface area (Å²) < 4.78 is 71.5. The predicted octanol–water partition coefficient (Wildman–Crippen LogP) is 4.44. The van der Waals surface area contributed by atoms with Gasteiger partial charge >= 0.3 is 11.9 Å². The van der Waals surface area contributed by atoms with Crippen LogP contribution in [0.25, 0.3) is 11.0 Å². The normalized spacial score (nSPS) is 23.9. The van der Waals surface area contributed by atoms with E-state index >= 15 is 0 Å². The number of aromatic nitrogens is 2. The standard InChI is InChI=1S/C20H21F3N4O.C10H16O4S/c21-20(22,23)15-4-3-5-16(14-15)26-11-8-25(9-12-26)10-13-27-18-7-2-1-6-17(18)24-19(27)28;1-9(2)7-3-4-10(9,8(11)5-7)6-15(12,13)14/h1-7,14H,8-13H2,(H,24,28);7H,3-6H2,1-2H3,(H,12,13,14). The molecule has 0 amide bonds. The third-order valence-corrected chi connectivity index (χ3v) is 10.7. The SMILES string of the molecule is CC1(C)C2CCC1(CS(=O)(=O)O)C(=O)C2.O=c1[nH]c2ccccc2n1CCN1CCN(c2cccc(C(F)(F)F)c2)CC1. The van der Waals surface area contributed by atoms with E-state index < -0.39 is 33.0 Å². The van der Waals surface area contributed by atoms with Crippen molar-refractivity contribution in [3.05, 3.63) is 64.6 Å². The molecule has 2 unspecified atom stereocenters. The fourth-order valence-electron chi connectivity index (χ4n) is 7.10. The van der Waals surface area contributed by atoms with E-state index in [4.69, 9.17) is 4.55 Å². The molecule has 234 valence electrons. The minimum atomic E-state index is -4.33. The number of fused-ring (bicyclic) bond motifs is 3. The Balaban J connectivity index is 0.000000207. The molecule has 3 fully saturated rings. The van der Waals surface area contributed by atoms with Gasteiger partial charge in [-0.3, -0.25) is 18.8 Å². The van der Waals surface area contributed by atoms with Crippen LogP contribution in [0.15, 0.2) is 53.3 Å². The maximum Gasteiger partial charge on any atom is 0.416 e. The van der Waals surface area contributed by atoms with Gasteiger partial charge < -0.3 is 9.88 Å². The zero-order valence-electron chi connectivity index (χ0n) is 24.2. The molecule has 13 heteroatoms. The van der Waals surface area contributed by atoms with Crippen molar-refractivity contribution < 1.29 is 30.9 Å². The number of hydrogen-bond donors (Lipinski definition) is 2. The number of nitrogens with zero attached hydrogens (tertiary/aromatic N) is 3. The number of carbonyl (C=O) groups excluding carboxylic acids is 1. The summed E-state index contributed by atoms with van der Waals surface area (Å²) in [6.07, 6.45) is -2.36. The first-order valence-corrected chi connectivity index (χ1v) is 16.0. The Labute approximate surface area is 248 Å². The monoisotopic (exact) mass is 622 g/mol. The molecule has 3 aromatic rings. The van der Waals surface area contributed by atoms with Crippen LogP contribution in [-0.2, 0) is 27.6 Å². The van der Waals surface area contributed by atoms with Crippen molar-refractivity contribution in [1.29, 1.82) is 0 Å². The van der Waals surface area contributed by atoms with Gasteiger partial charge in [-0.25, -0.2) is 4.79 Å². The van der Waals surface area contributed by atoms with Gasteiger partial charge in [0.25, 0.3) is 10.1 Å². The summed E-state index contributed by atoms with van der Waals surface area (Å²) in [7, 11) is -4.08. The second-order valence-corrected chi connectivity index (χ2v) is 13.8. The molecule has 1 aromatic heterocycles. The number of para-hydroxylation sites is 2. The van der Waals surface area contributed by atoms with Crippen molar-refractivity contribution in [2.75, 3.05) is 43.4 Å². The van der Waals surface area contributed by atoms with E-state index in [0.29, 0.717) is 38.2 Å². The van der Waals surface area contributed by atoms with Gasteiger partial charge in [-0.15, -0.1) is 0 Å². The summed E-state index contributed by atoms with van der Waals surface area (Å²) in [6.45, 7) is 7.99. The number of H-pyrrole nitrogens is 1. The third kappa shape index (κ3) is 6.25. The van der Waals surface area contributed by atoms with Gasteiger partial charge in [-0.05, 0) is 54.5 Å². The average molecular weight is 623 g/mol. The summed E-state index contributed by atoms with van der Waals surface area (Å²) in [4.78, 5) is 31.1. The molecule has 2 saturated carbocycles. The van der Waals surface area contributed by atoms with Gasteiger partial charge in [-0.1, -0.05) is 32.0 Å². The molecule has 2 bridgehead atoms. The van der Waals surface area contributed by atoms with E-state index in [-0.39, 0.29) is 22.8 Å². The molecule has 9 nitrogen and oxygen atoms in total. The van der Waals surface area contributed by atoms with Gasteiger partial charge in [0.15, 0.2) is 0 Å². The van der Waals surface area contributed by atoms with Crippen LogP contribution in [0.2, 0.25) is 0 Å². The lowest BCUT2D eigenvalue weighted by Crippen LogP contribution is -2.47. The number of alkyl halides is 3. The van der Waals surface area contributed by atoms with Crippen LogP contribution in [0.3, 0.4) is 0 Å². The number of imidazole rings is 1. The summed E-state index contributed by atoms with van der Waals surface area (Å²) in [5.74, 6) is -0.101. The first-order chi connectivity index (χ1) is 20.1. The number of halogens is 3. The average Bonchev–Trinajstić information content (AvgIpc) is 3.45. The van der Waals surface area contributed by atoms with Crippen molar-refractivity contribution >= 4 is 32.6 Å². The largest absolute Gasteiger partial charge is 0.416 e. The van der Waals surface area contributed by atoms with Gasteiger partial charge in [0, 0.05) is 51.4 Å². The highest BCUT2D eigenvalue weighted by molar-refractivity contribution is 7.85. The van der Waals surface area contributed by atoms with E-state index in [1.165, 1.54) is 12.1 Å². The van der Waals surface area contributed by atoms with Crippen LogP contribution in [0.4, 0.5) is 18.9 Å². The van der Waals surface area contributed by atoms with Crippen molar-refractivity contribution in [3.8, 4) is 0 Å². The highest BCUT2D eigenvalue weighted by Gasteiger charge is 2.65. The Morgan fingerprint density at radius 1 is 1.00 bits per heavy atom. The molecule has 0 spiro atoms. The van der Waals surface area contributed by atoms with Crippen molar-refractivity contribution in [2.45, 2.75) is 45.8 Å². The Morgan fingerprint density at radius 3 is 2.30 bits per heavy atom. The minimum Gasteiger partial charge on any atom is -0.369 e. The lowest BCUT2D eigenvalue weighted by Gasteiger charge is -2.36. The molecule has 1 saturated heterocycles. The van der Waals surface area contributed by atoms with E-state index in [2.05, 4.69) is 9.88 Å². The second-order valence-electron chi connectivity index (χ2n) is 12.4. The molecule has 6 rings (SSSR count). The first kappa shape index (κ1) is 31.3. The number of hydrogen-bond acceptors (Lipinski definition) is 6. The number of aromatic amines is 1. The summed E-state index contributed by atoms with van der Waals surface area (Å²) >= 11 is 0. The fraction of sp³-hybridized carbons (Fsp3) is 0.533. The van der Waals surface area contributed by atoms with Gasteiger partial charge in [0.2, 0.25) is 0 Å². The number of nitrogens with one attached hydrogen (secondary N) is 1. The zero-order chi connectivity index (χ0) is 31.2. The molecule has 2 aliphatic carbocycles. The van der Waals surface area contributed by atoms with Crippen LogP contribution in [-0.4, -0.2) is 71.7 Å². The molecule has 2 N–H and O–H groups in total. The highest BCUT2D eigenvalue weighted by atomic mass is 32.2. The van der Waals surface area contributed by atoms with Crippen molar-refractivity contribution in [3.63, 3.8) is 0 Å². The van der Waals surface area contributed by atoms with Gasteiger partial charge in [-0.2, -0.15) is 21.6 Å². The molecule has 2 atom stereocenters. The molecule has 1 aliphatic heterocycles. The number of rotatable bonds is 6. The third-order valence-electron chi connectivity index (χ3n) is 9.80. The molecule has 2 aromatic carbocycles. The van der Waals surface area contributed by atoms with E-state index in [0.717, 1.165) is 43.2 Å². The fourth-order valence-corrected chi connectivity index (χ4v) is 8.40. The highest BCUT2D eigenvalue weighted by Crippen LogP contribution is 2.64. The van der Waals surface area contributed by atoms with E-state index in [9.17, 15) is 31.2 Å². The molecule has 43 heavy (non-hydrogen) atoms. The van der Waals surface area contributed by atoms with Crippen LogP contribution in [0.5, 0.6) is 0 Å². The number of benzene rings is 2. The summed E-state index contributed by atoms with van der Waals surface area (Å²) in [5, 5.41) is 0. The van der Waals surface area contributed by atoms with Crippen molar-refractivity contribution in [2.24, 2.45) is 16.7 Å². The Bertz CT molecular complexity index is 1660. The maximum atomic E-state index is 12.9. The smallest absolute Gasteiger partial charge is 0.369 e. The number of ketones is 1. The van der Waals surface area contributed by atoms with Crippen LogP contribution in [0.1, 0.15) is 38.7 Å². The Morgan fingerprint density at radius 2 is 1.70 bits per heavy atom. The second kappa shape index (κ2) is 11.4. The molecular weight excluding hydrogens is 585 g/mol. The minimum absolute atomic E-state index is 0.0152. The van der Waals surface area contributed by atoms with Crippen LogP contribution in [0, 0.1) is 16.7 Å². The van der Waals surface area contributed by atoms with Crippen LogP contribution >= 0.6 is 0 Å². The van der Waals surface area contributed by atoms with Crippen LogP contribution < -0.4 is 10.6 Å². The quantitative estimate of drug-likeness (QED) is 0.391. The van der Waals surface area contributed by atoms with Crippen molar-refractivity contribution in [1.82, 2.24) is 14.5 Å². The first-order valence-electron chi connectivity index (χ1n) is 14.4.